The average Bonchev–Trinajstić information content (AvgIpc) is 3.04. The van der Waals surface area contributed by atoms with E-state index in [1.165, 1.54) is 0 Å². The van der Waals surface area contributed by atoms with Gasteiger partial charge in [0.2, 0.25) is 0 Å². The largest absolute Gasteiger partial charge is 0.489 e. The minimum Gasteiger partial charge on any atom is -0.489 e. The molecule has 116 valence electrons. The van der Waals surface area contributed by atoms with Crippen molar-refractivity contribution in [3.8, 4) is 5.75 Å². The summed E-state index contributed by atoms with van der Waals surface area (Å²) in [5, 5.41) is 0. The van der Waals surface area contributed by atoms with E-state index in [0.717, 1.165) is 28.9 Å². The molecule has 1 aliphatic heterocycles. The molecule has 3 heteroatoms. The molecule has 0 aliphatic carbocycles. The van der Waals surface area contributed by atoms with Gasteiger partial charge in [-0.1, -0.05) is 37.3 Å². The molecule has 0 atom stereocenters. The average molecular weight is 298 g/mol. The Kier molecular flexibility index (Phi) is 4.46. The lowest BCUT2D eigenvalue weighted by Gasteiger charge is -2.28. The van der Waals surface area contributed by atoms with Crippen LogP contribution in [0.3, 0.4) is 0 Å². The van der Waals surface area contributed by atoms with Crippen LogP contribution in [0, 0.1) is 6.92 Å². The second-order valence-corrected chi connectivity index (χ2v) is 5.55. The van der Waals surface area contributed by atoms with Gasteiger partial charge in [-0.25, -0.2) is 0 Å². The molecule has 1 fully saturated rings. The number of ether oxygens (including phenoxy) is 3. The van der Waals surface area contributed by atoms with Gasteiger partial charge in [-0.15, -0.1) is 0 Å². The first kappa shape index (κ1) is 15.1. The Bertz CT molecular complexity index is 616. The molecule has 0 spiro atoms. The summed E-state index contributed by atoms with van der Waals surface area (Å²) in [6.07, 6.45) is 0.804. The lowest BCUT2D eigenvalue weighted by atomic mass is 9.98. The number of benzene rings is 2. The second-order valence-electron chi connectivity index (χ2n) is 5.55. The van der Waals surface area contributed by atoms with Crippen molar-refractivity contribution in [2.75, 3.05) is 13.2 Å². The SMILES string of the molecule is CCC1(c2ccc(OCc3ccccc3)cc2C)OCCO1. The molecule has 0 amide bonds. The van der Waals surface area contributed by atoms with Crippen LogP contribution in [0.4, 0.5) is 0 Å². The Hall–Kier alpha value is -1.84. The molecule has 1 saturated heterocycles. The van der Waals surface area contributed by atoms with Crippen molar-refractivity contribution < 1.29 is 14.2 Å². The fourth-order valence-corrected chi connectivity index (χ4v) is 2.90. The Morgan fingerprint density at radius 3 is 2.41 bits per heavy atom. The number of rotatable bonds is 5. The summed E-state index contributed by atoms with van der Waals surface area (Å²) in [7, 11) is 0. The van der Waals surface area contributed by atoms with Crippen LogP contribution in [-0.2, 0) is 21.9 Å². The van der Waals surface area contributed by atoms with E-state index in [4.69, 9.17) is 14.2 Å². The molecular formula is C19H22O3. The highest BCUT2D eigenvalue weighted by atomic mass is 16.7. The van der Waals surface area contributed by atoms with Crippen LogP contribution in [0.15, 0.2) is 48.5 Å². The van der Waals surface area contributed by atoms with Gasteiger partial charge in [0.05, 0.1) is 13.2 Å². The van der Waals surface area contributed by atoms with Crippen molar-refractivity contribution >= 4 is 0 Å². The van der Waals surface area contributed by atoms with E-state index in [-0.39, 0.29) is 0 Å². The molecule has 3 rings (SSSR count). The van der Waals surface area contributed by atoms with Crippen LogP contribution in [-0.4, -0.2) is 13.2 Å². The van der Waals surface area contributed by atoms with E-state index < -0.39 is 5.79 Å². The third kappa shape index (κ3) is 3.01. The first-order valence-corrected chi connectivity index (χ1v) is 7.79. The minimum atomic E-state index is -0.581. The van der Waals surface area contributed by atoms with Crippen LogP contribution in [0.25, 0.3) is 0 Å². The maximum Gasteiger partial charge on any atom is 0.194 e. The van der Waals surface area contributed by atoms with E-state index in [9.17, 15) is 0 Å². The van der Waals surface area contributed by atoms with Crippen LogP contribution in [0.5, 0.6) is 5.75 Å². The van der Waals surface area contributed by atoms with Gasteiger partial charge in [-0.2, -0.15) is 0 Å². The number of hydrogen-bond acceptors (Lipinski definition) is 3. The Balaban J connectivity index is 1.75. The van der Waals surface area contributed by atoms with Gasteiger partial charge in [-0.05, 0) is 36.2 Å². The molecule has 0 bridgehead atoms. The quantitative estimate of drug-likeness (QED) is 0.828. The van der Waals surface area contributed by atoms with E-state index >= 15 is 0 Å². The smallest absolute Gasteiger partial charge is 0.194 e. The molecule has 2 aromatic carbocycles. The fraction of sp³-hybridized carbons (Fsp3) is 0.368. The normalized spacial score (nSPS) is 16.6. The third-order valence-electron chi connectivity index (χ3n) is 4.08. The van der Waals surface area contributed by atoms with Crippen molar-refractivity contribution in [2.45, 2.75) is 32.7 Å². The van der Waals surface area contributed by atoms with Gasteiger partial charge >= 0.3 is 0 Å². The Morgan fingerprint density at radius 2 is 1.77 bits per heavy atom. The van der Waals surface area contributed by atoms with Crippen LogP contribution in [0.2, 0.25) is 0 Å². The van der Waals surface area contributed by atoms with Crippen LogP contribution < -0.4 is 4.74 Å². The first-order valence-electron chi connectivity index (χ1n) is 7.79. The molecule has 2 aromatic rings. The Labute approximate surface area is 131 Å². The predicted molar refractivity (Wildman–Crippen MR) is 85.8 cm³/mol. The fourth-order valence-electron chi connectivity index (χ4n) is 2.90. The zero-order valence-corrected chi connectivity index (χ0v) is 13.2. The highest BCUT2D eigenvalue weighted by Gasteiger charge is 2.37. The maximum atomic E-state index is 5.88. The van der Waals surface area contributed by atoms with Gasteiger partial charge in [0.15, 0.2) is 5.79 Å². The lowest BCUT2D eigenvalue weighted by Crippen LogP contribution is -2.27. The van der Waals surface area contributed by atoms with E-state index in [1.807, 2.05) is 24.3 Å². The monoisotopic (exact) mass is 298 g/mol. The molecule has 0 aromatic heterocycles. The topological polar surface area (TPSA) is 27.7 Å². The van der Waals surface area contributed by atoms with Crippen molar-refractivity contribution in [1.82, 2.24) is 0 Å². The third-order valence-corrected chi connectivity index (χ3v) is 4.08. The molecule has 0 unspecified atom stereocenters. The van der Waals surface area contributed by atoms with Gasteiger partial charge in [0, 0.05) is 12.0 Å². The summed E-state index contributed by atoms with van der Waals surface area (Å²) in [5.74, 6) is 0.288. The molecule has 0 N–H and O–H groups in total. The van der Waals surface area contributed by atoms with Gasteiger partial charge in [-0.3, -0.25) is 0 Å². The highest BCUT2D eigenvalue weighted by Crippen LogP contribution is 2.37. The van der Waals surface area contributed by atoms with Crippen LogP contribution in [0.1, 0.15) is 30.0 Å². The first-order chi connectivity index (χ1) is 10.7. The minimum absolute atomic E-state index is 0.575. The van der Waals surface area contributed by atoms with Crippen molar-refractivity contribution in [3.05, 3.63) is 65.2 Å². The number of hydrogen-bond donors (Lipinski definition) is 0. The molecule has 1 heterocycles. The Morgan fingerprint density at radius 1 is 1.05 bits per heavy atom. The zero-order chi connectivity index (χ0) is 15.4. The molecule has 0 saturated carbocycles. The van der Waals surface area contributed by atoms with Crippen molar-refractivity contribution in [2.24, 2.45) is 0 Å². The summed E-state index contributed by atoms with van der Waals surface area (Å²) < 4.78 is 17.6. The molecular weight excluding hydrogens is 276 g/mol. The van der Waals surface area contributed by atoms with Crippen molar-refractivity contribution in [3.63, 3.8) is 0 Å². The van der Waals surface area contributed by atoms with E-state index in [0.29, 0.717) is 19.8 Å². The van der Waals surface area contributed by atoms with Gasteiger partial charge in [0.1, 0.15) is 12.4 Å². The summed E-state index contributed by atoms with van der Waals surface area (Å²) in [6, 6.07) is 16.3. The lowest BCUT2D eigenvalue weighted by molar-refractivity contribution is -0.167. The van der Waals surface area contributed by atoms with Crippen molar-refractivity contribution in [1.29, 1.82) is 0 Å². The standard InChI is InChI=1S/C19H22O3/c1-3-19(21-11-12-22-19)18-10-9-17(13-15(18)2)20-14-16-7-5-4-6-8-16/h4-10,13H,3,11-12,14H2,1-2H3. The summed E-state index contributed by atoms with van der Waals surface area (Å²) in [6.45, 7) is 6.04. The molecule has 0 radical (unpaired) electrons. The summed E-state index contributed by atoms with van der Waals surface area (Å²) >= 11 is 0. The molecule has 1 aliphatic rings. The van der Waals surface area contributed by atoms with Crippen LogP contribution >= 0.6 is 0 Å². The molecule has 3 nitrogen and oxygen atoms in total. The number of aryl methyl sites for hydroxylation is 1. The summed E-state index contributed by atoms with van der Waals surface area (Å²) in [4.78, 5) is 0. The highest BCUT2D eigenvalue weighted by molar-refractivity contribution is 5.38. The molecule has 22 heavy (non-hydrogen) atoms. The van der Waals surface area contributed by atoms with E-state index in [1.54, 1.807) is 0 Å². The predicted octanol–water partition coefficient (Wildman–Crippen LogP) is 4.18. The summed E-state index contributed by atoms with van der Waals surface area (Å²) in [5.41, 5.74) is 3.39. The van der Waals surface area contributed by atoms with E-state index in [2.05, 4.69) is 38.1 Å². The van der Waals surface area contributed by atoms with Gasteiger partial charge < -0.3 is 14.2 Å². The van der Waals surface area contributed by atoms with Gasteiger partial charge in [0.25, 0.3) is 0 Å². The zero-order valence-electron chi connectivity index (χ0n) is 13.2. The maximum absolute atomic E-state index is 5.88. The second kappa shape index (κ2) is 6.51.